The van der Waals surface area contributed by atoms with Crippen molar-refractivity contribution in [2.45, 2.75) is 38.1 Å². The number of hydrogen-bond donors (Lipinski definition) is 2. The van der Waals surface area contributed by atoms with Crippen molar-refractivity contribution in [3.05, 3.63) is 63.1 Å². The Morgan fingerprint density at radius 2 is 1.95 bits per heavy atom. The van der Waals surface area contributed by atoms with E-state index < -0.39 is 68.0 Å². The maximum absolute atomic E-state index is 14.1. The van der Waals surface area contributed by atoms with Crippen molar-refractivity contribution in [3.8, 4) is 5.75 Å². The molecule has 2 amide bonds. The Morgan fingerprint density at radius 3 is 2.71 bits per heavy atom. The Balaban J connectivity index is 1.37. The van der Waals surface area contributed by atoms with Crippen LogP contribution < -0.4 is 15.5 Å². The number of hydrogen-bond acceptors (Lipinski definition) is 10. The number of aromatic nitrogens is 1. The Morgan fingerprint density at radius 1 is 1.14 bits per heavy atom. The summed E-state index contributed by atoms with van der Waals surface area (Å²) in [6.45, 7) is -0.477. The summed E-state index contributed by atoms with van der Waals surface area (Å²) in [6, 6.07) is 3.02. The number of benzene rings is 1. The van der Waals surface area contributed by atoms with E-state index in [1.165, 1.54) is 10.8 Å². The summed E-state index contributed by atoms with van der Waals surface area (Å²) in [7, 11) is -3.20. The number of fused-ring (bicyclic) bond motifs is 4. The largest absolute Gasteiger partial charge is 0.511 e. The van der Waals surface area contributed by atoms with Crippen molar-refractivity contribution in [2.24, 2.45) is 0 Å². The van der Waals surface area contributed by atoms with Crippen LogP contribution in [0.3, 0.4) is 0 Å². The fraction of sp³-hybridized carbons (Fsp3) is 0.440. The van der Waals surface area contributed by atoms with Crippen LogP contribution in [-0.2, 0) is 31.7 Å². The fourth-order valence-corrected chi connectivity index (χ4v) is 5.63. The average molecular weight is 612 g/mol. The molecule has 0 aliphatic carbocycles. The molecular formula is C25H27F2N4O10P. The molecule has 42 heavy (non-hydrogen) atoms. The monoisotopic (exact) mass is 612 g/mol. The van der Waals surface area contributed by atoms with Gasteiger partial charge in [0.2, 0.25) is 18.0 Å². The first-order chi connectivity index (χ1) is 20.1. The first-order valence-corrected chi connectivity index (χ1v) is 14.2. The lowest BCUT2D eigenvalue weighted by Crippen LogP contribution is -2.50. The minimum Gasteiger partial charge on any atom is -0.451 e. The number of halogens is 2. The maximum atomic E-state index is 14.1. The number of nitrogens with one attached hydrogen (secondary N) is 1. The van der Waals surface area contributed by atoms with Gasteiger partial charge in [-0.15, -0.1) is 0 Å². The first kappa shape index (κ1) is 29.6. The zero-order chi connectivity index (χ0) is 30.0. The highest BCUT2D eigenvalue weighted by Crippen LogP contribution is 2.35. The van der Waals surface area contributed by atoms with Crippen molar-refractivity contribution >= 4 is 26.2 Å². The van der Waals surface area contributed by atoms with Gasteiger partial charge in [0.25, 0.3) is 11.8 Å². The van der Waals surface area contributed by atoms with E-state index in [9.17, 15) is 32.5 Å². The lowest BCUT2D eigenvalue weighted by atomic mass is 10.1. The zero-order valence-electron chi connectivity index (χ0n) is 22.0. The number of amides is 2. The number of ether oxygens (including phenoxy) is 3. The van der Waals surface area contributed by atoms with Crippen molar-refractivity contribution in [1.29, 1.82) is 0 Å². The van der Waals surface area contributed by atoms with Crippen LogP contribution >= 0.6 is 8.25 Å². The second-order valence-corrected chi connectivity index (χ2v) is 10.5. The van der Waals surface area contributed by atoms with E-state index in [1.807, 2.05) is 0 Å². The number of pyridine rings is 1. The van der Waals surface area contributed by atoms with Gasteiger partial charge in [-0.05, 0) is 18.9 Å². The molecule has 0 bridgehead atoms. The van der Waals surface area contributed by atoms with E-state index in [-0.39, 0.29) is 43.2 Å². The van der Waals surface area contributed by atoms with Crippen molar-refractivity contribution in [3.63, 3.8) is 0 Å². The molecule has 2 aromatic rings. The third kappa shape index (κ3) is 6.16. The Bertz CT molecular complexity index is 1490. The Hall–Kier alpha value is -3.85. The highest BCUT2D eigenvalue weighted by atomic mass is 31.1. The highest BCUT2D eigenvalue weighted by molar-refractivity contribution is 7.32. The molecule has 0 saturated carbocycles. The van der Waals surface area contributed by atoms with Crippen LogP contribution in [0.4, 0.5) is 13.6 Å². The van der Waals surface area contributed by atoms with Gasteiger partial charge in [-0.1, -0.05) is 6.07 Å². The molecule has 3 atom stereocenters. The van der Waals surface area contributed by atoms with Crippen LogP contribution in [0.5, 0.6) is 5.75 Å². The summed E-state index contributed by atoms with van der Waals surface area (Å²) in [6.07, 6.45) is 1.61. The molecule has 226 valence electrons. The van der Waals surface area contributed by atoms with Crippen LogP contribution in [0, 0.1) is 11.6 Å². The molecule has 3 aliphatic rings. The van der Waals surface area contributed by atoms with Gasteiger partial charge in [0.1, 0.15) is 30.0 Å². The lowest BCUT2D eigenvalue weighted by Gasteiger charge is -2.36. The van der Waals surface area contributed by atoms with E-state index in [2.05, 4.69) is 19.5 Å². The Labute approximate surface area is 237 Å². The SMILES string of the molecule is O=C(OCCO[PH](=O)O)OCOc1c2n(cc(C(=O)NCc3ccc(F)cc3F)c1=O)C[C@@H]1N(CC3CCCN31)C2=O. The smallest absolute Gasteiger partial charge is 0.451 e. The van der Waals surface area contributed by atoms with Crippen molar-refractivity contribution in [1.82, 2.24) is 19.7 Å². The second-order valence-electron chi connectivity index (χ2n) is 9.71. The van der Waals surface area contributed by atoms with Gasteiger partial charge in [-0.2, -0.15) is 0 Å². The predicted octanol–water partition coefficient (Wildman–Crippen LogP) is 1.20. The van der Waals surface area contributed by atoms with Gasteiger partial charge in [0.15, 0.2) is 5.69 Å². The van der Waals surface area contributed by atoms with Crippen LogP contribution in [-0.4, -0.2) is 82.5 Å². The van der Waals surface area contributed by atoms with Gasteiger partial charge in [0, 0.05) is 43.5 Å². The van der Waals surface area contributed by atoms with Gasteiger partial charge in [0.05, 0.1) is 13.2 Å². The van der Waals surface area contributed by atoms with Crippen LogP contribution in [0.1, 0.15) is 39.3 Å². The average Bonchev–Trinajstić information content (AvgIpc) is 3.54. The molecule has 5 rings (SSSR count). The molecule has 14 nitrogen and oxygen atoms in total. The molecule has 2 saturated heterocycles. The minimum absolute atomic E-state index is 0.0140. The summed E-state index contributed by atoms with van der Waals surface area (Å²) < 4.78 is 58.6. The van der Waals surface area contributed by atoms with Gasteiger partial charge in [-0.3, -0.25) is 23.8 Å². The van der Waals surface area contributed by atoms with E-state index in [0.717, 1.165) is 31.5 Å². The van der Waals surface area contributed by atoms with E-state index >= 15 is 0 Å². The third-order valence-electron chi connectivity index (χ3n) is 7.24. The predicted molar refractivity (Wildman–Crippen MR) is 138 cm³/mol. The number of rotatable bonds is 10. The molecule has 0 spiro atoms. The lowest BCUT2D eigenvalue weighted by molar-refractivity contribution is -0.00144. The van der Waals surface area contributed by atoms with Gasteiger partial charge >= 0.3 is 14.4 Å². The summed E-state index contributed by atoms with van der Waals surface area (Å²) in [5.41, 5.74) is -1.52. The minimum atomic E-state index is -3.20. The quantitative estimate of drug-likeness (QED) is 0.171. The molecule has 2 N–H and O–H groups in total. The number of carbonyl (C=O) groups excluding carboxylic acids is 3. The molecular weight excluding hydrogens is 585 g/mol. The molecule has 17 heteroatoms. The summed E-state index contributed by atoms with van der Waals surface area (Å²) in [5.74, 6) is -3.58. The van der Waals surface area contributed by atoms with E-state index in [1.54, 1.807) is 4.90 Å². The van der Waals surface area contributed by atoms with Crippen LogP contribution in [0.15, 0.2) is 29.2 Å². The summed E-state index contributed by atoms with van der Waals surface area (Å²) >= 11 is 0. The summed E-state index contributed by atoms with van der Waals surface area (Å²) in [5, 5.41) is 2.42. The van der Waals surface area contributed by atoms with Crippen molar-refractivity contribution < 1.29 is 51.4 Å². The third-order valence-corrected chi connectivity index (χ3v) is 7.69. The molecule has 0 radical (unpaired) electrons. The molecule has 4 heterocycles. The zero-order valence-corrected chi connectivity index (χ0v) is 23.0. The fourth-order valence-electron chi connectivity index (χ4n) is 5.37. The molecule has 1 aromatic carbocycles. The van der Waals surface area contributed by atoms with Crippen LogP contribution in [0.25, 0.3) is 0 Å². The normalized spacial score (nSPS) is 20.0. The number of nitrogens with zero attached hydrogens (tertiary/aromatic N) is 3. The van der Waals surface area contributed by atoms with Crippen molar-refractivity contribution in [2.75, 3.05) is 33.1 Å². The maximum Gasteiger partial charge on any atom is 0.511 e. The topological polar surface area (TPSA) is 166 Å². The Kier molecular flexibility index (Phi) is 8.87. The molecule has 2 fully saturated rings. The van der Waals surface area contributed by atoms with E-state index in [0.29, 0.717) is 12.6 Å². The molecule has 3 aliphatic heterocycles. The number of carbonyl (C=O) groups is 3. The molecule has 1 aromatic heterocycles. The standard InChI is InChI=1S/C25H27F2N4O10P/c26-15-4-3-14(18(27)8-15)9-28-23(33)17-11-29-12-19-30-5-1-2-16(30)10-31(19)24(34)20(29)22(21(17)32)39-13-40-25(35)38-6-7-41-42(36)37/h3-4,8,11,16,19,42H,1-2,5-7,9-10,12-13H2,(H,28,33)(H,36,37)/t16?,19-/m0/s1. The highest BCUT2D eigenvalue weighted by Gasteiger charge is 2.48. The van der Waals surface area contributed by atoms with Gasteiger partial charge in [-0.25, -0.2) is 13.6 Å². The van der Waals surface area contributed by atoms with Crippen LogP contribution in [0.2, 0.25) is 0 Å². The van der Waals surface area contributed by atoms with Gasteiger partial charge < -0.3 is 38.4 Å². The molecule has 2 unspecified atom stereocenters. The first-order valence-electron chi connectivity index (χ1n) is 13.0. The van der Waals surface area contributed by atoms with E-state index in [4.69, 9.17) is 14.4 Å². The second kappa shape index (κ2) is 12.6. The summed E-state index contributed by atoms with van der Waals surface area (Å²) in [4.78, 5) is 64.4.